The average Bonchev–Trinajstić information content (AvgIpc) is 3.08. The van der Waals surface area contributed by atoms with E-state index in [1.807, 2.05) is 41.3 Å². The number of ether oxygens (including phenoxy) is 2. The number of nitrogens with zero attached hydrogens (tertiary/aromatic N) is 1. The summed E-state index contributed by atoms with van der Waals surface area (Å²) in [4.78, 5) is 25.2. The maximum Gasteiger partial charge on any atom is 0.305 e. The molecule has 1 amide bonds. The molecule has 2 atom stereocenters. The van der Waals surface area contributed by atoms with Crippen molar-refractivity contribution < 1.29 is 24.2 Å². The Labute approximate surface area is 183 Å². The quantitative estimate of drug-likeness (QED) is 0.292. The number of hydrogen-bond acceptors (Lipinski definition) is 6. The van der Waals surface area contributed by atoms with Gasteiger partial charge in [0, 0.05) is 38.7 Å². The number of rotatable bonds is 13. The number of methoxy groups -OCH3 is 2. The van der Waals surface area contributed by atoms with Crippen molar-refractivity contribution in [2.45, 2.75) is 50.9 Å². The second-order valence-electron chi connectivity index (χ2n) is 7.39. The van der Waals surface area contributed by atoms with Crippen LogP contribution in [-0.2, 0) is 32.1 Å². The summed E-state index contributed by atoms with van der Waals surface area (Å²) in [6, 6.07) is 8.07. The monoisotopic (exact) mass is 435 g/mol. The lowest BCUT2D eigenvalue weighted by molar-refractivity contribution is -0.140. The van der Waals surface area contributed by atoms with Crippen molar-refractivity contribution in [3.63, 3.8) is 0 Å². The number of aliphatic hydroxyl groups excluding tert-OH is 1. The van der Waals surface area contributed by atoms with Crippen molar-refractivity contribution >= 4 is 23.6 Å². The van der Waals surface area contributed by atoms with Crippen molar-refractivity contribution in [1.82, 2.24) is 4.90 Å². The third kappa shape index (κ3) is 8.50. The van der Waals surface area contributed by atoms with E-state index in [1.54, 1.807) is 18.9 Å². The summed E-state index contributed by atoms with van der Waals surface area (Å²) in [6.07, 6.45) is 6.28. The van der Waals surface area contributed by atoms with Gasteiger partial charge in [0.25, 0.3) is 0 Å². The summed E-state index contributed by atoms with van der Waals surface area (Å²) in [5.74, 6) is 1.70. The average molecular weight is 436 g/mol. The van der Waals surface area contributed by atoms with Gasteiger partial charge in [0.15, 0.2) is 0 Å². The summed E-state index contributed by atoms with van der Waals surface area (Å²) in [7, 11) is 3.07. The molecule has 0 aromatic heterocycles. The maximum atomic E-state index is 12.2. The first-order chi connectivity index (χ1) is 14.5. The molecule has 1 aliphatic heterocycles. The second kappa shape index (κ2) is 13.5. The van der Waals surface area contributed by atoms with Gasteiger partial charge in [-0.15, -0.1) is 0 Å². The van der Waals surface area contributed by atoms with Crippen LogP contribution in [0.3, 0.4) is 0 Å². The van der Waals surface area contributed by atoms with E-state index in [-0.39, 0.29) is 17.9 Å². The van der Waals surface area contributed by atoms with Crippen LogP contribution in [0.2, 0.25) is 0 Å². The van der Waals surface area contributed by atoms with Crippen molar-refractivity contribution in [2.24, 2.45) is 0 Å². The molecule has 6 nitrogen and oxygen atoms in total. The molecule has 1 fully saturated rings. The number of amides is 1. The predicted octanol–water partition coefficient (Wildman–Crippen LogP) is 2.97. The number of likely N-dealkylation sites (tertiary alicyclic amines) is 1. The Hall–Kier alpha value is -1.83. The smallest absolute Gasteiger partial charge is 0.305 e. The molecule has 0 aliphatic carbocycles. The Morgan fingerprint density at radius 3 is 2.90 bits per heavy atom. The second-order valence-corrected chi connectivity index (χ2v) is 8.62. The van der Waals surface area contributed by atoms with E-state index in [0.717, 1.165) is 35.5 Å². The van der Waals surface area contributed by atoms with E-state index in [1.165, 1.54) is 7.11 Å². The summed E-state index contributed by atoms with van der Waals surface area (Å²) in [6.45, 7) is 1.24. The third-order valence-electron chi connectivity index (χ3n) is 5.05. The standard InChI is InChI=1S/C23H33NO5S/c1-28-17-19-6-3-5-18(15-19)16-21(25)10-8-20-9-11-22(26)24(20)12-14-30-13-4-7-23(27)29-2/h3,5-6,8,10,15,20-21,25H,4,7,9,11-14,16-17H2,1-2H3/t20-,21+/m0/s1. The van der Waals surface area contributed by atoms with E-state index in [2.05, 4.69) is 4.74 Å². The Morgan fingerprint density at radius 1 is 1.33 bits per heavy atom. The van der Waals surface area contributed by atoms with Gasteiger partial charge in [0.05, 0.1) is 25.9 Å². The van der Waals surface area contributed by atoms with Gasteiger partial charge in [-0.25, -0.2) is 0 Å². The molecule has 1 heterocycles. The molecule has 166 valence electrons. The zero-order valence-electron chi connectivity index (χ0n) is 17.9. The lowest BCUT2D eigenvalue weighted by atomic mass is 10.0. The number of carbonyl (C=O) groups excluding carboxylic acids is 2. The van der Waals surface area contributed by atoms with Crippen molar-refractivity contribution in [3.8, 4) is 0 Å². The summed E-state index contributed by atoms with van der Waals surface area (Å²) in [5.41, 5.74) is 2.15. The highest BCUT2D eigenvalue weighted by Gasteiger charge is 2.28. The first-order valence-corrected chi connectivity index (χ1v) is 11.6. The molecule has 1 aromatic carbocycles. The van der Waals surface area contributed by atoms with Crippen LogP contribution in [0.5, 0.6) is 0 Å². The molecule has 0 unspecified atom stereocenters. The molecular formula is C23H33NO5S. The van der Waals surface area contributed by atoms with Crippen LogP contribution in [0.4, 0.5) is 0 Å². The number of hydrogen-bond donors (Lipinski definition) is 1. The Morgan fingerprint density at radius 2 is 2.13 bits per heavy atom. The van der Waals surface area contributed by atoms with Crippen LogP contribution in [0.25, 0.3) is 0 Å². The molecular weight excluding hydrogens is 402 g/mol. The number of benzene rings is 1. The fraction of sp³-hybridized carbons (Fsp3) is 0.565. The van der Waals surface area contributed by atoms with E-state index in [0.29, 0.717) is 32.4 Å². The highest BCUT2D eigenvalue weighted by molar-refractivity contribution is 7.99. The van der Waals surface area contributed by atoms with Crippen LogP contribution in [0.1, 0.15) is 36.8 Å². The highest BCUT2D eigenvalue weighted by atomic mass is 32.2. The molecule has 2 rings (SSSR count). The molecule has 1 aliphatic rings. The van der Waals surface area contributed by atoms with Gasteiger partial charge in [-0.2, -0.15) is 11.8 Å². The first-order valence-electron chi connectivity index (χ1n) is 10.4. The van der Waals surface area contributed by atoms with Gasteiger partial charge in [0.1, 0.15) is 0 Å². The van der Waals surface area contributed by atoms with Gasteiger partial charge in [-0.3, -0.25) is 9.59 Å². The van der Waals surface area contributed by atoms with Crippen molar-refractivity contribution in [1.29, 1.82) is 0 Å². The Kier molecular flexibility index (Phi) is 11.0. The topological polar surface area (TPSA) is 76.1 Å². The van der Waals surface area contributed by atoms with Crippen molar-refractivity contribution in [2.75, 3.05) is 32.3 Å². The largest absolute Gasteiger partial charge is 0.469 e. The summed E-state index contributed by atoms with van der Waals surface area (Å²) >= 11 is 1.74. The van der Waals surface area contributed by atoms with Crippen molar-refractivity contribution in [3.05, 3.63) is 47.5 Å². The van der Waals surface area contributed by atoms with E-state index < -0.39 is 6.10 Å². The minimum absolute atomic E-state index is 0.0441. The normalized spacial score (nSPS) is 17.6. The molecule has 1 saturated heterocycles. The van der Waals surface area contributed by atoms with Gasteiger partial charge >= 0.3 is 5.97 Å². The fourth-order valence-corrected chi connectivity index (χ4v) is 4.39. The molecule has 0 radical (unpaired) electrons. The zero-order valence-corrected chi connectivity index (χ0v) is 18.7. The Balaban J connectivity index is 1.76. The number of esters is 1. The first kappa shape index (κ1) is 24.4. The molecule has 30 heavy (non-hydrogen) atoms. The Bertz CT molecular complexity index is 709. The zero-order chi connectivity index (χ0) is 21.8. The molecule has 1 N–H and O–H groups in total. The maximum absolute atomic E-state index is 12.2. The van der Waals surface area contributed by atoms with Crippen LogP contribution in [0, 0.1) is 0 Å². The number of thioether (sulfide) groups is 1. The lowest BCUT2D eigenvalue weighted by Gasteiger charge is -2.22. The summed E-state index contributed by atoms with van der Waals surface area (Å²) < 4.78 is 9.79. The van der Waals surface area contributed by atoms with Gasteiger partial charge in [0.2, 0.25) is 5.91 Å². The highest BCUT2D eigenvalue weighted by Crippen LogP contribution is 2.21. The number of carbonyl (C=O) groups is 2. The lowest BCUT2D eigenvalue weighted by Crippen LogP contribution is -2.34. The van der Waals surface area contributed by atoms with Gasteiger partial charge in [-0.1, -0.05) is 36.4 Å². The van der Waals surface area contributed by atoms with E-state index in [4.69, 9.17) is 4.74 Å². The minimum atomic E-state index is -0.590. The predicted molar refractivity (Wildman–Crippen MR) is 119 cm³/mol. The summed E-state index contributed by atoms with van der Waals surface area (Å²) in [5, 5.41) is 10.4. The molecule has 1 aromatic rings. The van der Waals surface area contributed by atoms with Crippen LogP contribution < -0.4 is 0 Å². The van der Waals surface area contributed by atoms with Gasteiger partial charge < -0.3 is 19.5 Å². The minimum Gasteiger partial charge on any atom is -0.469 e. The van der Waals surface area contributed by atoms with Crippen LogP contribution in [0.15, 0.2) is 36.4 Å². The van der Waals surface area contributed by atoms with Crippen LogP contribution in [-0.4, -0.2) is 66.3 Å². The molecule has 7 heteroatoms. The van der Waals surface area contributed by atoms with E-state index >= 15 is 0 Å². The third-order valence-corrected chi connectivity index (χ3v) is 6.10. The van der Waals surface area contributed by atoms with E-state index in [9.17, 15) is 14.7 Å². The molecule has 0 bridgehead atoms. The van der Waals surface area contributed by atoms with Gasteiger partial charge in [-0.05, 0) is 29.7 Å². The molecule has 0 saturated carbocycles. The SMILES string of the molecule is COCc1cccc(C[C@H](O)C=C[C@H]2CCC(=O)N2CCSCCCC(=O)OC)c1. The van der Waals surface area contributed by atoms with Crippen LogP contribution >= 0.6 is 11.8 Å². The fourth-order valence-electron chi connectivity index (χ4n) is 3.51. The molecule has 0 spiro atoms. The number of aliphatic hydroxyl groups is 1.